The minimum atomic E-state index is -0.377. The average Bonchev–Trinajstić information content (AvgIpc) is 3.35. The third-order valence-electron chi connectivity index (χ3n) is 8.67. The molecule has 0 unspecified atom stereocenters. The zero-order valence-electron chi connectivity index (χ0n) is 27.5. The van der Waals surface area contributed by atoms with Gasteiger partial charge in [0, 0.05) is 24.9 Å². The van der Waals surface area contributed by atoms with Gasteiger partial charge in [-0.2, -0.15) is 0 Å². The van der Waals surface area contributed by atoms with E-state index in [0.29, 0.717) is 18.4 Å². The molecular formula is C38H52N2O2. The van der Waals surface area contributed by atoms with Crippen LogP contribution in [-0.4, -0.2) is 24.8 Å². The van der Waals surface area contributed by atoms with E-state index in [0.717, 1.165) is 23.2 Å². The first-order valence-electron chi connectivity index (χ1n) is 15.7. The molecule has 226 valence electrons. The van der Waals surface area contributed by atoms with Gasteiger partial charge in [0.05, 0.1) is 5.69 Å². The highest BCUT2D eigenvalue weighted by Gasteiger charge is 2.35. The SMILES string of the molecule is CC(C)c1cccc(C(C)C)c1NC(=O)O[C@H]1CN[C@@H](C(c2ccc(C(C)(C)C)cc2)c2ccc(C(C)(C)C)cc2)C1. The van der Waals surface area contributed by atoms with Crippen molar-refractivity contribution in [3.63, 3.8) is 0 Å². The van der Waals surface area contributed by atoms with Crippen molar-refractivity contribution >= 4 is 11.8 Å². The Bertz CT molecular complexity index is 1260. The van der Waals surface area contributed by atoms with Gasteiger partial charge in [-0.15, -0.1) is 0 Å². The Hall–Kier alpha value is -3.11. The van der Waals surface area contributed by atoms with Crippen molar-refractivity contribution in [1.82, 2.24) is 5.32 Å². The second-order valence-electron chi connectivity index (χ2n) is 14.7. The third-order valence-corrected chi connectivity index (χ3v) is 8.67. The monoisotopic (exact) mass is 568 g/mol. The molecule has 42 heavy (non-hydrogen) atoms. The fourth-order valence-corrected chi connectivity index (χ4v) is 6.09. The van der Waals surface area contributed by atoms with Crippen molar-refractivity contribution in [2.24, 2.45) is 0 Å². The molecular weight excluding hydrogens is 516 g/mol. The molecule has 0 spiro atoms. The normalized spacial score (nSPS) is 17.7. The molecule has 0 bridgehead atoms. The Morgan fingerprint density at radius 2 is 1.21 bits per heavy atom. The number of ether oxygens (including phenoxy) is 1. The number of benzene rings is 3. The highest BCUT2D eigenvalue weighted by molar-refractivity contribution is 5.87. The molecule has 0 saturated carbocycles. The molecule has 4 heteroatoms. The van der Waals surface area contributed by atoms with Crippen molar-refractivity contribution in [1.29, 1.82) is 0 Å². The van der Waals surface area contributed by atoms with E-state index < -0.39 is 0 Å². The third kappa shape index (κ3) is 7.45. The number of anilines is 1. The van der Waals surface area contributed by atoms with Gasteiger partial charge in [-0.3, -0.25) is 5.32 Å². The molecule has 3 aromatic carbocycles. The maximum Gasteiger partial charge on any atom is 0.411 e. The van der Waals surface area contributed by atoms with Gasteiger partial charge in [-0.25, -0.2) is 4.79 Å². The van der Waals surface area contributed by atoms with Crippen molar-refractivity contribution < 1.29 is 9.53 Å². The molecule has 0 aromatic heterocycles. The van der Waals surface area contributed by atoms with Crippen LogP contribution in [0.2, 0.25) is 0 Å². The number of rotatable bonds is 7. The fraction of sp³-hybridized carbons (Fsp3) is 0.500. The standard InChI is InChI=1S/C38H52N2O2/c1-24(2)31-12-11-13-32(25(3)4)35(31)40-36(41)42-30-22-33(39-23-30)34(26-14-18-28(19-15-26)37(5,6)7)27-16-20-29(21-17-27)38(8,9)10/h11-21,24-25,30,33-34,39H,22-23H2,1-10H3,(H,40,41)/t30-,33-/m1/s1. The number of nitrogens with one attached hydrogen (secondary N) is 2. The van der Waals surface area contributed by atoms with Crippen LogP contribution in [0.3, 0.4) is 0 Å². The lowest BCUT2D eigenvalue weighted by Gasteiger charge is -2.27. The first-order chi connectivity index (χ1) is 19.6. The summed E-state index contributed by atoms with van der Waals surface area (Å²) in [6.07, 6.45) is 0.176. The van der Waals surface area contributed by atoms with Gasteiger partial charge >= 0.3 is 6.09 Å². The zero-order chi connectivity index (χ0) is 30.8. The zero-order valence-corrected chi connectivity index (χ0v) is 27.5. The Balaban J connectivity index is 1.55. The van der Waals surface area contributed by atoms with Gasteiger partial charge in [0.2, 0.25) is 0 Å². The van der Waals surface area contributed by atoms with Crippen molar-refractivity contribution in [3.05, 3.63) is 100 Å². The van der Waals surface area contributed by atoms with Gasteiger partial charge in [-0.1, -0.05) is 136 Å². The summed E-state index contributed by atoms with van der Waals surface area (Å²) in [5.74, 6) is 0.747. The highest BCUT2D eigenvalue weighted by atomic mass is 16.6. The van der Waals surface area contributed by atoms with Crippen LogP contribution >= 0.6 is 0 Å². The number of carbonyl (C=O) groups excluding carboxylic acids is 1. The average molecular weight is 569 g/mol. The number of amides is 1. The molecule has 1 saturated heterocycles. The lowest BCUT2D eigenvalue weighted by atomic mass is 9.80. The van der Waals surface area contributed by atoms with E-state index in [2.05, 4.69) is 147 Å². The Kier molecular flexibility index (Phi) is 9.57. The van der Waals surface area contributed by atoms with Crippen LogP contribution in [0.4, 0.5) is 10.5 Å². The molecule has 4 rings (SSSR count). The predicted octanol–water partition coefficient (Wildman–Crippen LogP) is 9.64. The fourth-order valence-electron chi connectivity index (χ4n) is 6.09. The first kappa shape index (κ1) is 31.8. The lowest BCUT2D eigenvalue weighted by Crippen LogP contribution is -2.30. The summed E-state index contributed by atoms with van der Waals surface area (Å²) in [5, 5.41) is 6.84. The van der Waals surface area contributed by atoms with Crippen LogP contribution < -0.4 is 10.6 Å². The van der Waals surface area contributed by atoms with E-state index in [-0.39, 0.29) is 35.0 Å². The van der Waals surface area contributed by atoms with Crippen LogP contribution in [0.5, 0.6) is 0 Å². The summed E-state index contributed by atoms with van der Waals surface area (Å²) in [6, 6.07) is 24.6. The van der Waals surface area contributed by atoms with E-state index in [1.54, 1.807) is 0 Å². The second kappa shape index (κ2) is 12.6. The van der Waals surface area contributed by atoms with Crippen LogP contribution in [0.25, 0.3) is 0 Å². The molecule has 1 heterocycles. The number of para-hydroxylation sites is 1. The first-order valence-corrected chi connectivity index (χ1v) is 15.7. The Labute approximate surface area is 254 Å². The molecule has 4 nitrogen and oxygen atoms in total. The van der Waals surface area contributed by atoms with Gasteiger partial charge < -0.3 is 10.1 Å². The molecule has 1 aliphatic rings. The van der Waals surface area contributed by atoms with E-state index in [1.807, 2.05) is 0 Å². The Morgan fingerprint density at radius 1 is 0.762 bits per heavy atom. The van der Waals surface area contributed by atoms with Gasteiger partial charge in [0.15, 0.2) is 0 Å². The second-order valence-corrected chi connectivity index (χ2v) is 14.7. The van der Waals surface area contributed by atoms with Gasteiger partial charge in [-0.05, 0) is 56.0 Å². The van der Waals surface area contributed by atoms with Crippen LogP contribution in [0.1, 0.15) is 127 Å². The van der Waals surface area contributed by atoms with Crippen LogP contribution in [0, 0.1) is 0 Å². The molecule has 1 aliphatic heterocycles. The minimum absolute atomic E-state index is 0.101. The van der Waals surface area contributed by atoms with E-state index in [4.69, 9.17) is 4.74 Å². The predicted molar refractivity (Wildman–Crippen MR) is 177 cm³/mol. The molecule has 3 aromatic rings. The smallest absolute Gasteiger partial charge is 0.411 e. The van der Waals surface area contributed by atoms with Crippen molar-refractivity contribution in [2.45, 2.75) is 116 Å². The maximum absolute atomic E-state index is 13.2. The molecule has 0 aliphatic carbocycles. The summed E-state index contributed by atoms with van der Waals surface area (Å²) in [6.45, 7) is 22.8. The van der Waals surface area contributed by atoms with E-state index in [9.17, 15) is 4.79 Å². The van der Waals surface area contributed by atoms with Crippen molar-refractivity contribution in [3.8, 4) is 0 Å². The van der Waals surface area contributed by atoms with E-state index in [1.165, 1.54) is 22.3 Å². The highest BCUT2D eigenvalue weighted by Crippen LogP contribution is 2.36. The lowest BCUT2D eigenvalue weighted by molar-refractivity contribution is 0.119. The van der Waals surface area contributed by atoms with E-state index >= 15 is 0 Å². The summed E-state index contributed by atoms with van der Waals surface area (Å²) < 4.78 is 6.05. The Morgan fingerprint density at radius 3 is 1.62 bits per heavy atom. The van der Waals surface area contributed by atoms with Gasteiger partial charge in [0.1, 0.15) is 6.10 Å². The topological polar surface area (TPSA) is 50.4 Å². The quantitative estimate of drug-likeness (QED) is 0.298. The number of hydrogen-bond acceptors (Lipinski definition) is 3. The maximum atomic E-state index is 13.2. The van der Waals surface area contributed by atoms with Crippen LogP contribution in [-0.2, 0) is 15.6 Å². The largest absolute Gasteiger partial charge is 0.445 e. The molecule has 0 radical (unpaired) electrons. The minimum Gasteiger partial charge on any atom is -0.445 e. The summed E-state index contributed by atoms with van der Waals surface area (Å²) in [5.41, 5.74) is 8.58. The number of carbonyl (C=O) groups is 1. The summed E-state index contributed by atoms with van der Waals surface area (Å²) in [4.78, 5) is 13.2. The molecule has 2 N–H and O–H groups in total. The molecule has 2 atom stereocenters. The van der Waals surface area contributed by atoms with Crippen LogP contribution in [0.15, 0.2) is 66.7 Å². The summed E-state index contributed by atoms with van der Waals surface area (Å²) >= 11 is 0. The summed E-state index contributed by atoms with van der Waals surface area (Å²) in [7, 11) is 0. The molecule has 1 amide bonds. The van der Waals surface area contributed by atoms with Gasteiger partial charge in [0.25, 0.3) is 0 Å². The molecule has 1 fully saturated rings. The van der Waals surface area contributed by atoms with Crippen molar-refractivity contribution in [2.75, 3.05) is 11.9 Å². The number of hydrogen-bond donors (Lipinski definition) is 2.